The molecule has 0 bridgehead atoms. The average molecular weight is 503 g/mol. The Morgan fingerprint density at radius 1 is 1.03 bits per heavy atom. The zero-order valence-electron chi connectivity index (χ0n) is 19.8. The van der Waals surface area contributed by atoms with Crippen molar-refractivity contribution in [2.45, 2.75) is 25.9 Å². The van der Waals surface area contributed by atoms with E-state index in [1.807, 2.05) is 30.3 Å². The number of fused-ring (bicyclic) bond motifs is 1. The lowest BCUT2D eigenvalue weighted by Crippen LogP contribution is -2.27. The first kappa shape index (κ1) is 24.1. The lowest BCUT2D eigenvalue weighted by Gasteiger charge is -2.16. The van der Waals surface area contributed by atoms with Gasteiger partial charge >= 0.3 is 0 Å². The zero-order chi connectivity index (χ0) is 25.9. The van der Waals surface area contributed by atoms with Gasteiger partial charge in [0.25, 0.3) is 5.91 Å². The highest BCUT2D eigenvalue weighted by molar-refractivity contribution is 5.98. The van der Waals surface area contributed by atoms with E-state index in [1.165, 1.54) is 6.07 Å². The topological polar surface area (TPSA) is 111 Å². The zero-order valence-corrected chi connectivity index (χ0v) is 19.8. The molecule has 0 aliphatic carbocycles. The summed E-state index contributed by atoms with van der Waals surface area (Å²) in [5, 5.41) is 21.4. The molecule has 0 saturated heterocycles. The molecule has 0 radical (unpaired) electrons. The number of hydrogen-bond acceptors (Lipinski definition) is 7. The fraction of sp³-hybridized carbons (Fsp3) is 0.148. The molecular weight excluding hydrogens is 478 g/mol. The summed E-state index contributed by atoms with van der Waals surface area (Å²) in [7, 11) is 0. The van der Waals surface area contributed by atoms with E-state index in [4.69, 9.17) is 0 Å². The predicted molar refractivity (Wildman–Crippen MR) is 137 cm³/mol. The summed E-state index contributed by atoms with van der Waals surface area (Å²) in [6.07, 6.45) is 2.47. The number of carbonyl (C=O) groups is 1. The molecule has 0 fully saturated rings. The Morgan fingerprint density at radius 2 is 1.84 bits per heavy atom. The Morgan fingerprint density at radius 3 is 2.62 bits per heavy atom. The van der Waals surface area contributed by atoms with Gasteiger partial charge in [-0.25, -0.2) is 18.7 Å². The fourth-order valence-corrected chi connectivity index (χ4v) is 4.03. The van der Waals surface area contributed by atoms with Gasteiger partial charge in [-0.05, 0) is 53.9 Å². The lowest BCUT2D eigenvalue weighted by atomic mass is 10.0. The molecule has 0 saturated carbocycles. The standard InChI is InChI=1S/C27H24F2N6O2/c1-15(18-8-9-21(28)22(29)11-18)33-26(36)20-3-2-10-30-24(20)31-13-16-4-6-17(7-5-16)19-12-23-25(32-14-19)35-27(37)34-23/h2-12,14-15,27,34,37H,13H2,1H3,(H,30,31)(H,32,35)(H,33,36)/t15-,27?/m0/s1. The molecule has 3 heterocycles. The van der Waals surface area contributed by atoms with E-state index in [1.54, 1.807) is 31.5 Å². The van der Waals surface area contributed by atoms with E-state index in [0.717, 1.165) is 34.5 Å². The van der Waals surface area contributed by atoms with Crippen molar-refractivity contribution >= 4 is 23.2 Å². The van der Waals surface area contributed by atoms with E-state index in [2.05, 4.69) is 31.2 Å². The number of aliphatic hydroxyl groups excluding tert-OH is 1. The number of nitrogens with zero attached hydrogens (tertiary/aromatic N) is 2. The fourth-order valence-electron chi connectivity index (χ4n) is 4.03. The molecule has 10 heteroatoms. The third-order valence-electron chi connectivity index (χ3n) is 6.04. The summed E-state index contributed by atoms with van der Waals surface area (Å²) in [4.78, 5) is 21.6. The Balaban J connectivity index is 1.24. The Hall–Kier alpha value is -4.57. The minimum absolute atomic E-state index is 0.334. The molecule has 5 rings (SSSR count). The SMILES string of the molecule is C[C@H](NC(=O)c1cccnc1NCc1ccc(-c2cnc3c(c2)NC(O)N3)cc1)c1ccc(F)c(F)c1. The summed E-state index contributed by atoms with van der Waals surface area (Å²) >= 11 is 0. The average Bonchev–Trinajstić information content (AvgIpc) is 3.28. The molecule has 5 N–H and O–H groups in total. The van der Waals surface area contributed by atoms with Crippen molar-refractivity contribution < 1.29 is 18.7 Å². The number of rotatable bonds is 7. The predicted octanol–water partition coefficient (Wildman–Crippen LogP) is 4.64. The number of halogens is 2. The van der Waals surface area contributed by atoms with Crippen molar-refractivity contribution in [3.05, 3.63) is 101 Å². The number of carbonyl (C=O) groups excluding carboxylic acids is 1. The molecule has 1 aliphatic heterocycles. The molecular formula is C27H24F2N6O2. The molecule has 2 aromatic heterocycles. The maximum absolute atomic E-state index is 13.6. The summed E-state index contributed by atoms with van der Waals surface area (Å²) in [6, 6.07) is 16.1. The Kier molecular flexibility index (Phi) is 6.65. The Labute approximate surface area is 211 Å². The van der Waals surface area contributed by atoms with Crippen LogP contribution in [0.2, 0.25) is 0 Å². The molecule has 188 valence electrons. The van der Waals surface area contributed by atoms with Crippen molar-refractivity contribution in [3.8, 4) is 11.1 Å². The van der Waals surface area contributed by atoms with E-state index in [0.29, 0.717) is 29.3 Å². The molecule has 2 atom stereocenters. The van der Waals surface area contributed by atoms with Gasteiger partial charge < -0.3 is 26.4 Å². The van der Waals surface area contributed by atoms with Gasteiger partial charge in [-0.3, -0.25) is 4.79 Å². The van der Waals surface area contributed by atoms with Crippen molar-refractivity contribution in [2.75, 3.05) is 16.0 Å². The van der Waals surface area contributed by atoms with Crippen LogP contribution < -0.4 is 21.3 Å². The van der Waals surface area contributed by atoms with Gasteiger partial charge in [0, 0.05) is 24.5 Å². The highest BCUT2D eigenvalue weighted by atomic mass is 19.2. The molecule has 1 amide bonds. The first-order valence-electron chi connectivity index (χ1n) is 11.6. The molecule has 1 unspecified atom stereocenters. The molecule has 1 aliphatic rings. The molecule has 2 aromatic carbocycles. The lowest BCUT2D eigenvalue weighted by molar-refractivity contribution is 0.0940. The second-order valence-electron chi connectivity index (χ2n) is 8.63. The summed E-state index contributed by atoms with van der Waals surface area (Å²) in [6.45, 7) is 2.12. The van der Waals surface area contributed by atoms with Crippen LogP contribution >= 0.6 is 0 Å². The highest BCUT2D eigenvalue weighted by Gasteiger charge is 2.19. The minimum Gasteiger partial charge on any atom is -0.365 e. The smallest absolute Gasteiger partial charge is 0.255 e. The molecule has 37 heavy (non-hydrogen) atoms. The normalized spacial score (nSPS) is 14.8. The van der Waals surface area contributed by atoms with Gasteiger partial charge in [0.1, 0.15) is 5.82 Å². The number of nitrogens with one attached hydrogen (secondary N) is 4. The van der Waals surface area contributed by atoms with Crippen LogP contribution in [0.3, 0.4) is 0 Å². The molecule has 0 spiro atoms. The third kappa shape index (κ3) is 5.34. The first-order valence-corrected chi connectivity index (χ1v) is 11.6. The summed E-state index contributed by atoms with van der Waals surface area (Å²) in [5.74, 6) is -1.28. The Bertz CT molecular complexity index is 1450. The van der Waals surface area contributed by atoms with Crippen LogP contribution in [0.25, 0.3) is 11.1 Å². The van der Waals surface area contributed by atoms with Crippen molar-refractivity contribution in [2.24, 2.45) is 0 Å². The van der Waals surface area contributed by atoms with Gasteiger partial charge in [0.15, 0.2) is 17.5 Å². The number of aliphatic hydroxyl groups is 1. The van der Waals surface area contributed by atoms with Crippen LogP contribution in [-0.4, -0.2) is 27.3 Å². The van der Waals surface area contributed by atoms with Crippen LogP contribution in [0.1, 0.15) is 34.5 Å². The van der Waals surface area contributed by atoms with Crippen LogP contribution in [-0.2, 0) is 6.54 Å². The quantitative estimate of drug-likeness (QED) is 0.250. The number of amides is 1. The van der Waals surface area contributed by atoms with Gasteiger partial charge in [-0.15, -0.1) is 0 Å². The second-order valence-corrected chi connectivity index (χ2v) is 8.63. The van der Waals surface area contributed by atoms with Crippen LogP contribution in [0, 0.1) is 11.6 Å². The van der Waals surface area contributed by atoms with Crippen molar-refractivity contribution in [1.82, 2.24) is 15.3 Å². The van der Waals surface area contributed by atoms with Crippen LogP contribution in [0.4, 0.5) is 26.1 Å². The van der Waals surface area contributed by atoms with E-state index in [-0.39, 0.29) is 5.91 Å². The summed E-state index contributed by atoms with van der Waals surface area (Å²) in [5.41, 5.74) is 4.36. The largest absolute Gasteiger partial charge is 0.365 e. The maximum Gasteiger partial charge on any atom is 0.255 e. The number of anilines is 3. The number of hydrogen-bond donors (Lipinski definition) is 5. The van der Waals surface area contributed by atoms with E-state index < -0.39 is 24.0 Å². The maximum atomic E-state index is 13.6. The third-order valence-corrected chi connectivity index (χ3v) is 6.04. The van der Waals surface area contributed by atoms with Crippen molar-refractivity contribution in [1.29, 1.82) is 0 Å². The highest BCUT2D eigenvalue weighted by Crippen LogP contribution is 2.31. The second kappa shape index (κ2) is 10.2. The molecule has 4 aromatic rings. The first-order chi connectivity index (χ1) is 17.9. The number of benzene rings is 2. The number of pyridine rings is 2. The molecule has 8 nitrogen and oxygen atoms in total. The van der Waals surface area contributed by atoms with E-state index >= 15 is 0 Å². The van der Waals surface area contributed by atoms with E-state index in [9.17, 15) is 18.7 Å². The van der Waals surface area contributed by atoms with Crippen LogP contribution in [0.5, 0.6) is 0 Å². The van der Waals surface area contributed by atoms with Gasteiger partial charge in [-0.1, -0.05) is 30.3 Å². The van der Waals surface area contributed by atoms with Crippen molar-refractivity contribution in [3.63, 3.8) is 0 Å². The van der Waals surface area contributed by atoms with Gasteiger partial charge in [0.05, 0.1) is 17.3 Å². The van der Waals surface area contributed by atoms with Gasteiger partial charge in [-0.2, -0.15) is 0 Å². The monoisotopic (exact) mass is 502 g/mol. The van der Waals surface area contributed by atoms with Crippen LogP contribution in [0.15, 0.2) is 73.1 Å². The van der Waals surface area contributed by atoms with Gasteiger partial charge in [0.2, 0.25) is 6.35 Å². The minimum atomic E-state index is -0.965. The summed E-state index contributed by atoms with van der Waals surface area (Å²) < 4.78 is 26.8. The number of aromatic nitrogens is 2.